The van der Waals surface area contributed by atoms with Gasteiger partial charge in [-0.15, -0.1) is 0 Å². The van der Waals surface area contributed by atoms with Crippen LogP contribution in [0.3, 0.4) is 0 Å². The zero-order chi connectivity index (χ0) is 22.8. The SMILES string of the molecule is COc1cccc(CCNC(=O)c2cn(C)c3c(=O)n(-c4ccc(Cl)cc4)c(=O)[nH]c23)c1. The van der Waals surface area contributed by atoms with Crippen LogP contribution in [-0.2, 0) is 13.5 Å². The van der Waals surface area contributed by atoms with Gasteiger partial charge >= 0.3 is 5.69 Å². The van der Waals surface area contributed by atoms with Crippen molar-refractivity contribution >= 4 is 28.5 Å². The number of amides is 1. The Morgan fingerprint density at radius 2 is 1.91 bits per heavy atom. The number of carbonyl (C=O) groups is 1. The Balaban J connectivity index is 1.62. The van der Waals surface area contributed by atoms with Crippen molar-refractivity contribution in [2.45, 2.75) is 6.42 Å². The van der Waals surface area contributed by atoms with Gasteiger partial charge in [-0.3, -0.25) is 9.59 Å². The second-order valence-corrected chi connectivity index (χ2v) is 7.72. The van der Waals surface area contributed by atoms with E-state index >= 15 is 0 Å². The van der Waals surface area contributed by atoms with E-state index in [2.05, 4.69) is 10.3 Å². The number of nitrogens with zero attached hydrogens (tertiary/aromatic N) is 2. The molecule has 32 heavy (non-hydrogen) atoms. The Morgan fingerprint density at radius 3 is 2.62 bits per heavy atom. The Morgan fingerprint density at radius 1 is 1.16 bits per heavy atom. The molecule has 0 fully saturated rings. The van der Waals surface area contributed by atoms with Gasteiger partial charge in [-0.05, 0) is 48.4 Å². The van der Waals surface area contributed by atoms with Crippen LogP contribution in [0.2, 0.25) is 5.02 Å². The van der Waals surface area contributed by atoms with E-state index in [-0.39, 0.29) is 22.5 Å². The van der Waals surface area contributed by atoms with Gasteiger partial charge in [0.05, 0.1) is 23.9 Å². The van der Waals surface area contributed by atoms with Crippen LogP contribution in [0.1, 0.15) is 15.9 Å². The van der Waals surface area contributed by atoms with Crippen LogP contribution in [-0.4, -0.2) is 33.7 Å². The maximum Gasteiger partial charge on any atom is 0.333 e. The number of ether oxygens (including phenoxy) is 1. The highest BCUT2D eigenvalue weighted by atomic mass is 35.5. The molecule has 0 aliphatic carbocycles. The summed E-state index contributed by atoms with van der Waals surface area (Å²) in [6.45, 7) is 0.383. The number of methoxy groups -OCH3 is 1. The molecule has 0 spiro atoms. The summed E-state index contributed by atoms with van der Waals surface area (Å²) < 4.78 is 7.77. The van der Waals surface area contributed by atoms with Crippen LogP contribution < -0.4 is 21.3 Å². The molecule has 0 atom stereocenters. The fourth-order valence-corrected chi connectivity index (χ4v) is 3.74. The maximum atomic E-state index is 13.1. The lowest BCUT2D eigenvalue weighted by Gasteiger charge is -2.07. The predicted octanol–water partition coefficient (Wildman–Crippen LogP) is 2.65. The molecule has 2 N–H and O–H groups in total. The van der Waals surface area contributed by atoms with Crippen molar-refractivity contribution in [3.63, 3.8) is 0 Å². The van der Waals surface area contributed by atoms with Gasteiger partial charge in [0.2, 0.25) is 0 Å². The summed E-state index contributed by atoms with van der Waals surface area (Å²) in [7, 11) is 3.25. The van der Waals surface area contributed by atoms with Crippen LogP contribution in [0.15, 0.2) is 64.3 Å². The molecule has 9 heteroatoms. The molecule has 4 aromatic rings. The van der Waals surface area contributed by atoms with Crippen molar-refractivity contribution in [2.24, 2.45) is 7.05 Å². The number of hydrogen-bond donors (Lipinski definition) is 2. The lowest BCUT2D eigenvalue weighted by molar-refractivity contribution is 0.0955. The van der Waals surface area contributed by atoms with Crippen molar-refractivity contribution in [3.8, 4) is 11.4 Å². The number of aromatic amines is 1. The Bertz CT molecular complexity index is 1420. The number of nitrogens with one attached hydrogen (secondary N) is 2. The van der Waals surface area contributed by atoms with Crippen LogP contribution in [0.25, 0.3) is 16.7 Å². The Hall–Kier alpha value is -3.78. The molecule has 0 saturated carbocycles. The van der Waals surface area contributed by atoms with Gasteiger partial charge in [-0.2, -0.15) is 0 Å². The van der Waals surface area contributed by atoms with Crippen molar-refractivity contribution < 1.29 is 9.53 Å². The number of hydrogen-bond acceptors (Lipinski definition) is 4. The summed E-state index contributed by atoms with van der Waals surface area (Å²) in [5.41, 5.74) is 0.884. The van der Waals surface area contributed by atoms with Crippen LogP contribution >= 0.6 is 11.6 Å². The average molecular weight is 453 g/mol. The predicted molar refractivity (Wildman–Crippen MR) is 123 cm³/mol. The normalized spacial score (nSPS) is 11.0. The smallest absolute Gasteiger partial charge is 0.333 e. The van der Waals surface area contributed by atoms with Gasteiger partial charge in [0.1, 0.15) is 11.3 Å². The van der Waals surface area contributed by atoms with Crippen molar-refractivity contribution in [2.75, 3.05) is 13.7 Å². The molecule has 2 heterocycles. The lowest BCUT2D eigenvalue weighted by atomic mass is 10.1. The quantitative estimate of drug-likeness (QED) is 0.470. The first-order valence-electron chi connectivity index (χ1n) is 9.90. The van der Waals surface area contributed by atoms with E-state index in [1.165, 1.54) is 10.8 Å². The first kappa shape index (κ1) is 21.5. The number of aromatic nitrogens is 3. The third-order valence-corrected chi connectivity index (χ3v) is 5.44. The first-order chi connectivity index (χ1) is 15.4. The molecule has 164 valence electrons. The van der Waals surface area contributed by atoms with Gasteiger partial charge < -0.3 is 19.6 Å². The van der Waals surface area contributed by atoms with Crippen molar-refractivity contribution in [1.82, 2.24) is 19.4 Å². The second kappa shape index (κ2) is 8.76. The van der Waals surface area contributed by atoms with E-state index in [0.29, 0.717) is 23.7 Å². The van der Waals surface area contributed by atoms with Gasteiger partial charge in [-0.25, -0.2) is 9.36 Å². The molecule has 2 aromatic heterocycles. The number of halogens is 1. The fourth-order valence-electron chi connectivity index (χ4n) is 3.61. The van der Waals surface area contributed by atoms with E-state index in [4.69, 9.17) is 16.3 Å². The molecule has 0 saturated heterocycles. The van der Waals surface area contributed by atoms with Crippen LogP contribution in [0.4, 0.5) is 0 Å². The third-order valence-electron chi connectivity index (χ3n) is 5.19. The highest BCUT2D eigenvalue weighted by Crippen LogP contribution is 2.16. The summed E-state index contributed by atoms with van der Waals surface area (Å²) >= 11 is 5.90. The molecule has 2 aromatic carbocycles. The number of aryl methyl sites for hydroxylation is 1. The molecule has 0 radical (unpaired) electrons. The Labute approximate surface area is 188 Å². The van der Waals surface area contributed by atoms with Crippen molar-refractivity contribution in [1.29, 1.82) is 0 Å². The molecule has 0 aliphatic heterocycles. The highest BCUT2D eigenvalue weighted by Gasteiger charge is 2.20. The highest BCUT2D eigenvalue weighted by molar-refractivity contribution is 6.30. The average Bonchev–Trinajstić information content (AvgIpc) is 3.11. The standard InChI is InChI=1S/C23H21ClN4O4/c1-27-13-18(21(29)25-11-10-14-4-3-5-17(12-14)32-2)19-20(27)22(30)28(23(31)26-19)16-8-6-15(24)7-9-16/h3-9,12-13H,10-11H2,1-2H3,(H,25,29)(H,26,31). The molecular formula is C23H21ClN4O4. The number of benzene rings is 2. The van der Waals surface area contributed by atoms with E-state index in [1.54, 1.807) is 38.4 Å². The number of rotatable bonds is 6. The Kier molecular flexibility index (Phi) is 5.87. The minimum Gasteiger partial charge on any atom is -0.497 e. The van der Waals surface area contributed by atoms with Crippen LogP contribution in [0, 0.1) is 0 Å². The topological polar surface area (TPSA) is 98.1 Å². The number of fused-ring (bicyclic) bond motifs is 1. The van der Waals surface area contributed by atoms with E-state index < -0.39 is 11.2 Å². The van der Waals surface area contributed by atoms with Gasteiger partial charge in [0.25, 0.3) is 11.5 Å². The molecule has 1 amide bonds. The zero-order valence-corrected chi connectivity index (χ0v) is 18.3. The van der Waals surface area contributed by atoms with E-state index in [1.807, 2.05) is 24.3 Å². The van der Waals surface area contributed by atoms with Crippen molar-refractivity contribution in [3.05, 3.63) is 91.7 Å². The zero-order valence-electron chi connectivity index (χ0n) is 17.5. The van der Waals surface area contributed by atoms with Crippen LogP contribution in [0.5, 0.6) is 5.75 Å². The second-order valence-electron chi connectivity index (χ2n) is 7.28. The van der Waals surface area contributed by atoms with Gasteiger partial charge in [0, 0.05) is 24.8 Å². The third kappa shape index (κ3) is 4.04. The van der Waals surface area contributed by atoms with Gasteiger partial charge in [-0.1, -0.05) is 23.7 Å². The molecule has 4 rings (SSSR count). The summed E-state index contributed by atoms with van der Waals surface area (Å²) in [6, 6.07) is 13.9. The van der Waals surface area contributed by atoms with E-state index in [0.717, 1.165) is 15.9 Å². The minimum atomic E-state index is -0.638. The molecule has 0 aliphatic rings. The minimum absolute atomic E-state index is 0.201. The molecular weight excluding hydrogens is 432 g/mol. The molecule has 0 bridgehead atoms. The number of H-pyrrole nitrogens is 1. The summed E-state index contributed by atoms with van der Waals surface area (Å²) in [6.07, 6.45) is 2.14. The summed E-state index contributed by atoms with van der Waals surface area (Å²) in [5, 5.41) is 3.33. The molecule has 0 unspecified atom stereocenters. The molecule has 8 nitrogen and oxygen atoms in total. The van der Waals surface area contributed by atoms with E-state index in [9.17, 15) is 14.4 Å². The monoisotopic (exact) mass is 452 g/mol. The summed E-state index contributed by atoms with van der Waals surface area (Å²) in [5.74, 6) is 0.371. The number of carbonyl (C=O) groups excluding carboxylic acids is 1. The fraction of sp³-hybridized carbons (Fsp3) is 0.174. The van der Waals surface area contributed by atoms with Gasteiger partial charge in [0.15, 0.2) is 0 Å². The first-order valence-corrected chi connectivity index (χ1v) is 10.3. The lowest BCUT2D eigenvalue weighted by Crippen LogP contribution is -2.34. The summed E-state index contributed by atoms with van der Waals surface area (Å²) in [4.78, 5) is 41.3. The largest absolute Gasteiger partial charge is 0.497 e. The maximum absolute atomic E-state index is 13.1.